The van der Waals surface area contributed by atoms with Gasteiger partial charge >= 0.3 is 0 Å². The lowest BCUT2D eigenvalue weighted by atomic mass is 9.99. The molecule has 30 heavy (non-hydrogen) atoms. The second-order valence-corrected chi connectivity index (χ2v) is 11.1. The molecule has 166 valence electrons. The molecule has 0 saturated carbocycles. The summed E-state index contributed by atoms with van der Waals surface area (Å²) >= 11 is 0. The summed E-state index contributed by atoms with van der Waals surface area (Å²) in [6, 6.07) is 13.0. The molecule has 2 rings (SSSR count). The fourth-order valence-corrected chi connectivity index (χ4v) is 4.73. The van der Waals surface area contributed by atoms with Gasteiger partial charge in [-0.15, -0.1) is 0 Å². The minimum Gasteiger partial charge on any atom is -0.266 e. The van der Waals surface area contributed by atoms with Crippen LogP contribution >= 0.6 is 0 Å². The highest BCUT2D eigenvalue weighted by Crippen LogP contribution is 2.19. The molecule has 8 heteroatoms. The average Bonchev–Trinajstić information content (AvgIpc) is 2.70. The Morgan fingerprint density at radius 2 is 0.933 bits per heavy atom. The van der Waals surface area contributed by atoms with Gasteiger partial charge in [0.2, 0.25) is 0 Å². The maximum Gasteiger partial charge on any atom is 0.296 e. The second-order valence-electron chi connectivity index (χ2n) is 7.89. The van der Waals surface area contributed by atoms with Crippen LogP contribution in [0.5, 0.6) is 0 Å². The van der Waals surface area contributed by atoms with E-state index in [-0.39, 0.29) is 34.8 Å². The quantitative estimate of drug-likeness (QED) is 0.466. The zero-order chi connectivity index (χ0) is 22.4. The smallest absolute Gasteiger partial charge is 0.266 e. The van der Waals surface area contributed by atoms with Crippen molar-refractivity contribution in [3.8, 4) is 0 Å². The molecule has 0 aliphatic heterocycles. The standard InChI is InChI=1S/C22H30O6S2/c1-17-7-11-21(12-8-17)29(23,24)27-15-19(3)5-6-20(4)16-28-30(25,26)22-13-9-18(2)10-14-22/h7-14,19-20H,5-6,15-16H2,1-4H3/t19-,20-/m1/s1. The van der Waals surface area contributed by atoms with Crippen LogP contribution in [0.4, 0.5) is 0 Å². The third-order valence-corrected chi connectivity index (χ3v) is 7.38. The molecule has 0 aromatic heterocycles. The maximum absolute atomic E-state index is 12.2. The monoisotopic (exact) mass is 454 g/mol. The molecular weight excluding hydrogens is 424 g/mol. The van der Waals surface area contributed by atoms with Crippen LogP contribution in [-0.2, 0) is 28.6 Å². The van der Waals surface area contributed by atoms with E-state index in [1.54, 1.807) is 24.3 Å². The largest absolute Gasteiger partial charge is 0.296 e. The molecule has 0 aliphatic rings. The van der Waals surface area contributed by atoms with Crippen LogP contribution in [0.25, 0.3) is 0 Å². The maximum atomic E-state index is 12.2. The van der Waals surface area contributed by atoms with Gasteiger partial charge in [0.05, 0.1) is 23.0 Å². The van der Waals surface area contributed by atoms with Gasteiger partial charge in [0.1, 0.15) is 0 Å². The van der Waals surface area contributed by atoms with E-state index in [2.05, 4.69) is 0 Å². The lowest BCUT2D eigenvalue weighted by Crippen LogP contribution is -2.16. The van der Waals surface area contributed by atoms with Crippen LogP contribution < -0.4 is 0 Å². The highest BCUT2D eigenvalue weighted by Gasteiger charge is 2.19. The Morgan fingerprint density at radius 3 is 1.23 bits per heavy atom. The predicted molar refractivity (Wildman–Crippen MR) is 116 cm³/mol. The van der Waals surface area contributed by atoms with Crippen molar-refractivity contribution >= 4 is 20.2 Å². The van der Waals surface area contributed by atoms with Crippen LogP contribution in [-0.4, -0.2) is 30.0 Å². The Labute approximate surface area is 180 Å². The number of aryl methyl sites for hydroxylation is 2. The molecule has 0 saturated heterocycles. The molecule has 2 aromatic rings. The first-order valence-corrected chi connectivity index (χ1v) is 12.7. The molecule has 2 aromatic carbocycles. The summed E-state index contributed by atoms with van der Waals surface area (Å²) in [7, 11) is -7.56. The van der Waals surface area contributed by atoms with E-state index in [1.165, 1.54) is 24.3 Å². The molecule has 0 aliphatic carbocycles. The SMILES string of the molecule is Cc1ccc(S(=O)(=O)OC[C@H](C)CC[C@@H](C)COS(=O)(=O)c2ccc(C)cc2)cc1. The highest BCUT2D eigenvalue weighted by atomic mass is 32.2. The molecule has 6 nitrogen and oxygen atoms in total. The number of hydrogen-bond donors (Lipinski definition) is 0. The Hall–Kier alpha value is -1.74. The first-order chi connectivity index (χ1) is 14.0. The van der Waals surface area contributed by atoms with Crippen LogP contribution in [0.2, 0.25) is 0 Å². The van der Waals surface area contributed by atoms with Gasteiger partial charge < -0.3 is 0 Å². The summed E-state index contributed by atoms with van der Waals surface area (Å²) in [5, 5.41) is 0. The van der Waals surface area contributed by atoms with Crippen LogP contribution in [0, 0.1) is 25.7 Å². The van der Waals surface area contributed by atoms with Gasteiger partial charge in [-0.25, -0.2) is 0 Å². The van der Waals surface area contributed by atoms with Crippen molar-refractivity contribution in [2.75, 3.05) is 13.2 Å². The summed E-state index contributed by atoms with van der Waals surface area (Å²) in [5.74, 6) is 0.00255. The first kappa shape index (κ1) is 24.5. The number of hydrogen-bond acceptors (Lipinski definition) is 6. The third-order valence-electron chi connectivity index (χ3n) is 4.79. The van der Waals surface area contributed by atoms with Crippen molar-refractivity contribution in [2.24, 2.45) is 11.8 Å². The fourth-order valence-electron chi connectivity index (χ4n) is 2.69. The number of rotatable bonds is 11. The summed E-state index contributed by atoms with van der Waals surface area (Å²) in [5.41, 5.74) is 1.95. The normalized spacial score (nSPS) is 14.4. The molecule has 0 unspecified atom stereocenters. The average molecular weight is 455 g/mol. The zero-order valence-corrected chi connectivity index (χ0v) is 19.5. The molecule has 0 heterocycles. The zero-order valence-electron chi connectivity index (χ0n) is 17.9. The van der Waals surface area contributed by atoms with Gasteiger partial charge in [0, 0.05) is 0 Å². The summed E-state index contributed by atoms with van der Waals surface area (Å²) < 4.78 is 59.3. The molecule has 0 bridgehead atoms. The van der Waals surface area contributed by atoms with Crippen molar-refractivity contribution in [2.45, 2.75) is 50.3 Å². The van der Waals surface area contributed by atoms with Gasteiger partial charge in [0.25, 0.3) is 20.2 Å². The van der Waals surface area contributed by atoms with Gasteiger partial charge in [-0.3, -0.25) is 8.37 Å². The van der Waals surface area contributed by atoms with Crippen molar-refractivity contribution in [3.63, 3.8) is 0 Å². The molecule has 0 N–H and O–H groups in total. The minimum absolute atomic E-state index is 0.00128. The van der Waals surface area contributed by atoms with Crippen molar-refractivity contribution in [1.29, 1.82) is 0 Å². The fraction of sp³-hybridized carbons (Fsp3) is 0.455. The van der Waals surface area contributed by atoms with Crippen molar-refractivity contribution in [3.05, 3.63) is 59.7 Å². The summed E-state index contributed by atoms with van der Waals surface area (Å²) in [6.45, 7) is 7.73. The van der Waals surface area contributed by atoms with E-state index in [4.69, 9.17) is 8.37 Å². The van der Waals surface area contributed by atoms with Gasteiger partial charge in [-0.1, -0.05) is 49.2 Å². The molecule has 0 spiro atoms. The molecule has 0 radical (unpaired) electrons. The molecule has 0 amide bonds. The second kappa shape index (κ2) is 10.5. The van der Waals surface area contributed by atoms with E-state index in [0.29, 0.717) is 12.8 Å². The van der Waals surface area contributed by atoms with E-state index >= 15 is 0 Å². The minimum atomic E-state index is -3.78. The highest BCUT2D eigenvalue weighted by molar-refractivity contribution is 7.87. The summed E-state index contributed by atoms with van der Waals surface area (Å²) in [6.07, 6.45) is 1.39. The Bertz CT molecular complexity index is 925. The van der Waals surface area contributed by atoms with E-state index in [9.17, 15) is 16.8 Å². The molecule has 2 atom stereocenters. The summed E-state index contributed by atoms with van der Waals surface area (Å²) in [4.78, 5) is 0.284. The molecular formula is C22H30O6S2. The lowest BCUT2D eigenvalue weighted by molar-refractivity contribution is 0.223. The van der Waals surface area contributed by atoms with Crippen molar-refractivity contribution < 1.29 is 25.2 Å². The Balaban J connectivity index is 1.76. The van der Waals surface area contributed by atoms with Gasteiger partial charge in [-0.05, 0) is 62.8 Å². The van der Waals surface area contributed by atoms with E-state index in [0.717, 1.165) is 11.1 Å². The Morgan fingerprint density at radius 1 is 0.633 bits per heavy atom. The third kappa shape index (κ3) is 7.50. The van der Waals surface area contributed by atoms with Crippen molar-refractivity contribution in [1.82, 2.24) is 0 Å². The van der Waals surface area contributed by atoms with E-state index < -0.39 is 20.2 Å². The number of benzene rings is 2. The predicted octanol–water partition coefficient (Wildman–Crippen LogP) is 4.47. The first-order valence-electron chi connectivity index (χ1n) is 9.92. The van der Waals surface area contributed by atoms with Crippen LogP contribution in [0.15, 0.2) is 58.3 Å². The van der Waals surface area contributed by atoms with E-state index in [1.807, 2.05) is 27.7 Å². The van der Waals surface area contributed by atoms with Gasteiger partial charge in [-0.2, -0.15) is 16.8 Å². The lowest BCUT2D eigenvalue weighted by Gasteiger charge is -2.16. The van der Waals surface area contributed by atoms with Crippen LogP contribution in [0.1, 0.15) is 37.8 Å². The topological polar surface area (TPSA) is 86.7 Å². The van der Waals surface area contributed by atoms with Gasteiger partial charge in [0.15, 0.2) is 0 Å². The van der Waals surface area contributed by atoms with Crippen LogP contribution in [0.3, 0.4) is 0 Å². The molecule has 0 fully saturated rings. The Kier molecular flexibility index (Phi) is 8.61.